The van der Waals surface area contributed by atoms with E-state index in [9.17, 15) is 13.2 Å². The lowest BCUT2D eigenvalue weighted by molar-refractivity contribution is -0.0632. The van der Waals surface area contributed by atoms with E-state index in [-0.39, 0.29) is 10.6 Å². The quantitative estimate of drug-likeness (QED) is 0.544. The average molecular weight is 358 g/mol. The molecule has 0 fully saturated rings. The standard InChI is InChI=1S/C18H13F3N4O/c19-18(20,21)17(23)25-15(22)9-10-16(24-25)26-14-8-4-7-13(11-14)12-5-2-1-3-6-12/h1-11,22-23H. The predicted octanol–water partition coefficient (Wildman–Crippen LogP) is 4.21. The Kier molecular flexibility index (Phi) is 4.57. The second-order valence-electron chi connectivity index (χ2n) is 5.31. The SMILES string of the molecule is N=C(n1nc(Oc2cccc(-c3ccccc3)c2)ccc1=N)C(F)(F)F. The Morgan fingerprint density at radius 2 is 1.62 bits per heavy atom. The molecule has 0 aliphatic carbocycles. The molecule has 2 N–H and O–H groups in total. The number of halogens is 3. The minimum atomic E-state index is -4.92. The van der Waals surface area contributed by atoms with Crippen LogP contribution < -0.4 is 10.2 Å². The van der Waals surface area contributed by atoms with Gasteiger partial charge in [0.05, 0.1) is 0 Å². The van der Waals surface area contributed by atoms with Crippen LogP contribution in [0.3, 0.4) is 0 Å². The molecule has 0 atom stereocenters. The largest absolute Gasteiger partial charge is 0.451 e. The molecule has 1 heterocycles. The van der Waals surface area contributed by atoms with E-state index < -0.39 is 17.5 Å². The maximum Gasteiger partial charge on any atom is 0.451 e. The third kappa shape index (κ3) is 3.80. The Hall–Kier alpha value is -3.42. The maximum absolute atomic E-state index is 12.7. The normalized spacial score (nSPS) is 11.2. The van der Waals surface area contributed by atoms with Crippen molar-refractivity contribution in [3.8, 4) is 22.8 Å². The number of nitrogens with zero attached hydrogens (tertiary/aromatic N) is 2. The molecule has 5 nitrogen and oxygen atoms in total. The van der Waals surface area contributed by atoms with Crippen LogP contribution in [0, 0.1) is 10.8 Å². The van der Waals surface area contributed by atoms with Crippen molar-refractivity contribution >= 4 is 5.84 Å². The van der Waals surface area contributed by atoms with E-state index in [4.69, 9.17) is 15.6 Å². The summed E-state index contributed by atoms with van der Waals surface area (Å²) in [6, 6.07) is 18.9. The van der Waals surface area contributed by atoms with Gasteiger partial charge in [0.25, 0.3) is 0 Å². The molecule has 0 saturated carbocycles. The molecule has 1 aromatic heterocycles. The van der Waals surface area contributed by atoms with Gasteiger partial charge in [0.15, 0.2) is 0 Å². The Morgan fingerprint density at radius 1 is 0.923 bits per heavy atom. The first-order chi connectivity index (χ1) is 12.3. The Bertz CT molecular complexity index is 997. The Morgan fingerprint density at radius 3 is 2.31 bits per heavy atom. The van der Waals surface area contributed by atoms with Crippen molar-refractivity contribution in [1.82, 2.24) is 9.78 Å². The highest BCUT2D eigenvalue weighted by atomic mass is 19.4. The second-order valence-corrected chi connectivity index (χ2v) is 5.31. The molecule has 3 rings (SSSR count). The zero-order valence-corrected chi connectivity index (χ0v) is 13.3. The third-order valence-electron chi connectivity index (χ3n) is 3.45. The first kappa shape index (κ1) is 17.4. The van der Waals surface area contributed by atoms with Gasteiger partial charge in [-0.15, -0.1) is 5.10 Å². The van der Waals surface area contributed by atoms with Gasteiger partial charge in [0, 0.05) is 6.07 Å². The zero-order valence-electron chi connectivity index (χ0n) is 13.3. The molecule has 0 unspecified atom stereocenters. The number of nitrogens with one attached hydrogen (secondary N) is 2. The Labute approximate surface area is 146 Å². The molecule has 0 radical (unpaired) electrons. The number of rotatable bonds is 3. The van der Waals surface area contributed by atoms with Crippen molar-refractivity contribution in [2.24, 2.45) is 0 Å². The summed E-state index contributed by atoms with van der Waals surface area (Å²) < 4.78 is 43.8. The van der Waals surface area contributed by atoms with Crippen molar-refractivity contribution in [3.63, 3.8) is 0 Å². The first-order valence-electron chi connectivity index (χ1n) is 7.49. The second kappa shape index (κ2) is 6.83. The van der Waals surface area contributed by atoms with Gasteiger partial charge in [0.1, 0.15) is 11.2 Å². The fourth-order valence-electron chi connectivity index (χ4n) is 2.24. The zero-order chi connectivity index (χ0) is 18.7. The van der Waals surface area contributed by atoms with Crippen LogP contribution in [0.15, 0.2) is 66.7 Å². The summed E-state index contributed by atoms with van der Waals surface area (Å²) in [6.45, 7) is 0. The van der Waals surface area contributed by atoms with Gasteiger partial charge in [-0.05, 0) is 29.3 Å². The van der Waals surface area contributed by atoms with Gasteiger partial charge < -0.3 is 4.74 Å². The van der Waals surface area contributed by atoms with Crippen LogP contribution in [-0.4, -0.2) is 21.8 Å². The average Bonchev–Trinajstić information content (AvgIpc) is 2.63. The van der Waals surface area contributed by atoms with E-state index >= 15 is 0 Å². The van der Waals surface area contributed by atoms with Crippen molar-refractivity contribution in [2.45, 2.75) is 6.18 Å². The molecule has 0 aliphatic rings. The topological polar surface area (TPSA) is 74.8 Å². The summed E-state index contributed by atoms with van der Waals surface area (Å²) in [5, 5.41) is 18.3. The van der Waals surface area contributed by atoms with E-state index in [1.165, 1.54) is 6.07 Å². The number of ether oxygens (including phenoxy) is 1. The number of hydrogen-bond donors (Lipinski definition) is 2. The van der Waals surface area contributed by atoms with E-state index in [0.717, 1.165) is 17.2 Å². The number of aromatic nitrogens is 2. The first-order valence-corrected chi connectivity index (χ1v) is 7.49. The van der Waals surface area contributed by atoms with Gasteiger partial charge in [-0.2, -0.15) is 17.9 Å². The number of benzene rings is 2. The van der Waals surface area contributed by atoms with Crippen molar-refractivity contribution < 1.29 is 17.9 Å². The fourth-order valence-corrected chi connectivity index (χ4v) is 2.24. The molecule has 0 saturated heterocycles. The van der Waals surface area contributed by atoms with Gasteiger partial charge in [-0.3, -0.25) is 10.8 Å². The lowest BCUT2D eigenvalue weighted by Crippen LogP contribution is -2.38. The molecule has 0 bridgehead atoms. The van der Waals surface area contributed by atoms with E-state index in [0.29, 0.717) is 5.75 Å². The molecule has 2 aromatic carbocycles. The van der Waals surface area contributed by atoms with Crippen LogP contribution in [0.1, 0.15) is 0 Å². The summed E-state index contributed by atoms with van der Waals surface area (Å²) in [4.78, 5) is 0. The van der Waals surface area contributed by atoms with E-state index in [1.807, 2.05) is 36.4 Å². The Balaban J connectivity index is 1.91. The van der Waals surface area contributed by atoms with Gasteiger partial charge in [-0.1, -0.05) is 42.5 Å². The minimum absolute atomic E-state index is 0.153. The summed E-state index contributed by atoms with van der Waals surface area (Å²) >= 11 is 0. The maximum atomic E-state index is 12.7. The van der Waals surface area contributed by atoms with E-state index in [1.54, 1.807) is 18.2 Å². The third-order valence-corrected chi connectivity index (χ3v) is 3.45. The molecule has 26 heavy (non-hydrogen) atoms. The van der Waals surface area contributed by atoms with Gasteiger partial charge in [0.2, 0.25) is 11.7 Å². The molecular weight excluding hydrogens is 345 g/mol. The molecule has 0 amide bonds. The van der Waals surface area contributed by atoms with Crippen molar-refractivity contribution in [2.75, 3.05) is 0 Å². The van der Waals surface area contributed by atoms with Crippen LogP contribution in [0.5, 0.6) is 11.6 Å². The lowest BCUT2D eigenvalue weighted by Gasteiger charge is -2.12. The highest BCUT2D eigenvalue weighted by molar-refractivity contribution is 5.85. The minimum Gasteiger partial charge on any atom is -0.438 e. The molecule has 0 spiro atoms. The van der Waals surface area contributed by atoms with Crippen LogP contribution in [0.2, 0.25) is 0 Å². The van der Waals surface area contributed by atoms with Crippen LogP contribution in [0.4, 0.5) is 13.2 Å². The smallest absolute Gasteiger partial charge is 0.438 e. The predicted molar refractivity (Wildman–Crippen MR) is 89.2 cm³/mol. The van der Waals surface area contributed by atoms with E-state index in [2.05, 4.69) is 5.10 Å². The van der Waals surface area contributed by atoms with Crippen molar-refractivity contribution in [3.05, 3.63) is 72.2 Å². The number of alkyl halides is 3. The fraction of sp³-hybridized carbons (Fsp3) is 0.0556. The number of hydrogen-bond acceptors (Lipinski definition) is 4. The molecule has 132 valence electrons. The van der Waals surface area contributed by atoms with Crippen LogP contribution in [-0.2, 0) is 0 Å². The summed E-state index contributed by atoms with van der Waals surface area (Å²) in [7, 11) is 0. The lowest BCUT2D eigenvalue weighted by atomic mass is 10.1. The molecule has 3 aromatic rings. The molecule has 0 aliphatic heterocycles. The van der Waals surface area contributed by atoms with Gasteiger partial charge >= 0.3 is 6.18 Å². The summed E-state index contributed by atoms with van der Waals surface area (Å²) in [5.41, 5.74) is 1.26. The highest BCUT2D eigenvalue weighted by Gasteiger charge is 2.37. The summed E-state index contributed by atoms with van der Waals surface area (Å²) in [6.07, 6.45) is -4.92. The monoisotopic (exact) mass is 358 g/mol. The molecule has 8 heteroatoms. The van der Waals surface area contributed by atoms with Crippen LogP contribution >= 0.6 is 0 Å². The highest BCUT2D eigenvalue weighted by Crippen LogP contribution is 2.26. The summed E-state index contributed by atoms with van der Waals surface area (Å²) in [5.74, 6) is -1.53. The van der Waals surface area contributed by atoms with Gasteiger partial charge in [-0.25, -0.2) is 0 Å². The van der Waals surface area contributed by atoms with Crippen LogP contribution in [0.25, 0.3) is 11.1 Å². The molecular formula is C18H13F3N4O. The van der Waals surface area contributed by atoms with Crippen molar-refractivity contribution in [1.29, 1.82) is 10.8 Å².